The van der Waals surface area contributed by atoms with Gasteiger partial charge in [-0.05, 0) is 18.8 Å². The Labute approximate surface area is 83.9 Å². The van der Waals surface area contributed by atoms with Gasteiger partial charge in [0.15, 0.2) is 5.82 Å². The molecule has 1 heterocycles. The normalized spacial score (nSPS) is 27.6. The molecule has 1 fully saturated rings. The Morgan fingerprint density at radius 3 is 2.93 bits per heavy atom. The van der Waals surface area contributed by atoms with Crippen LogP contribution in [-0.2, 0) is 6.42 Å². The van der Waals surface area contributed by atoms with E-state index in [2.05, 4.69) is 24.0 Å². The summed E-state index contributed by atoms with van der Waals surface area (Å²) in [6.45, 7) is 4.26. The van der Waals surface area contributed by atoms with Crippen LogP contribution in [0.5, 0.6) is 0 Å². The van der Waals surface area contributed by atoms with Crippen LogP contribution in [0.25, 0.3) is 0 Å². The van der Waals surface area contributed by atoms with Gasteiger partial charge in [-0.15, -0.1) is 0 Å². The fraction of sp³-hybridized carbons (Fsp3) is 0.800. The van der Waals surface area contributed by atoms with E-state index >= 15 is 0 Å². The summed E-state index contributed by atoms with van der Waals surface area (Å²) in [4.78, 5) is 4.35. The highest BCUT2D eigenvalue weighted by molar-refractivity contribution is 5.06. The lowest BCUT2D eigenvalue weighted by atomic mass is 10.2. The van der Waals surface area contributed by atoms with E-state index in [0.29, 0.717) is 11.8 Å². The lowest BCUT2D eigenvalue weighted by Crippen LogP contribution is -2.21. The van der Waals surface area contributed by atoms with Gasteiger partial charge in [-0.3, -0.25) is 0 Å². The van der Waals surface area contributed by atoms with Crippen LogP contribution < -0.4 is 5.73 Å². The van der Waals surface area contributed by atoms with Crippen molar-refractivity contribution >= 4 is 0 Å². The zero-order chi connectivity index (χ0) is 10.1. The Hall–Kier alpha value is -0.900. The first kappa shape index (κ1) is 9.65. The predicted molar refractivity (Wildman–Crippen MR) is 52.8 cm³/mol. The van der Waals surface area contributed by atoms with Gasteiger partial charge < -0.3 is 10.3 Å². The van der Waals surface area contributed by atoms with Gasteiger partial charge in [0.2, 0.25) is 5.89 Å². The first-order valence-corrected chi connectivity index (χ1v) is 5.28. The molecule has 0 aliphatic heterocycles. The topological polar surface area (TPSA) is 64.9 Å². The van der Waals surface area contributed by atoms with E-state index in [4.69, 9.17) is 10.3 Å². The Morgan fingerprint density at radius 1 is 1.64 bits per heavy atom. The average Bonchev–Trinajstić information content (AvgIpc) is 2.73. The first-order chi connectivity index (χ1) is 6.70. The molecule has 2 N–H and O–H groups in total. The molecule has 0 spiro atoms. The fourth-order valence-corrected chi connectivity index (χ4v) is 1.55. The lowest BCUT2D eigenvalue weighted by molar-refractivity contribution is 0.369. The summed E-state index contributed by atoms with van der Waals surface area (Å²) < 4.78 is 5.19. The molecular formula is C10H17N3O. The van der Waals surface area contributed by atoms with Gasteiger partial charge in [-0.1, -0.05) is 19.0 Å². The van der Waals surface area contributed by atoms with Gasteiger partial charge in [-0.2, -0.15) is 4.98 Å². The molecule has 2 rings (SSSR count). The summed E-state index contributed by atoms with van der Waals surface area (Å²) in [5, 5.41) is 3.93. The molecule has 4 heteroatoms. The SMILES string of the molecule is CCC(N)Cc1noc(C2CC2C)n1. The van der Waals surface area contributed by atoms with Gasteiger partial charge in [0, 0.05) is 18.4 Å². The molecule has 1 aromatic rings. The van der Waals surface area contributed by atoms with E-state index < -0.39 is 0 Å². The van der Waals surface area contributed by atoms with Crippen molar-refractivity contribution in [2.45, 2.75) is 45.1 Å². The molecule has 1 aromatic heterocycles. The minimum Gasteiger partial charge on any atom is -0.339 e. The van der Waals surface area contributed by atoms with Gasteiger partial charge in [0.25, 0.3) is 0 Å². The van der Waals surface area contributed by atoms with Gasteiger partial charge in [0.05, 0.1) is 0 Å². The van der Waals surface area contributed by atoms with Crippen molar-refractivity contribution in [2.24, 2.45) is 11.7 Å². The van der Waals surface area contributed by atoms with Crippen LogP contribution in [0.2, 0.25) is 0 Å². The Bertz CT molecular complexity index is 310. The third-order valence-electron chi connectivity index (χ3n) is 2.88. The number of nitrogens with two attached hydrogens (primary N) is 1. The first-order valence-electron chi connectivity index (χ1n) is 5.28. The van der Waals surface area contributed by atoms with Crippen LogP contribution in [0.15, 0.2) is 4.52 Å². The number of nitrogens with zero attached hydrogens (tertiary/aromatic N) is 2. The third kappa shape index (κ3) is 1.95. The maximum Gasteiger partial charge on any atom is 0.230 e. The van der Waals surface area contributed by atoms with E-state index in [-0.39, 0.29) is 6.04 Å². The predicted octanol–water partition coefficient (Wildman–Crippen LogP) is 1.47. The summed E-state index contributed by atoms with van der Waals surface area (Å²) in [5.41, 5.74) is 5.81. The summed E-state index contributed by atoms with van der Waals surface area (Å²) in [5.74, 6) is 2.78. The highest BCUT2D eigenvalue weighted by Crippen LogP contribution is 2.45. The molecule has 3 atom stereocenters. The quantitative estimate of drug-likeness (QED) is 0.790. The van der Waals surface area contributed by atoms with Crippen molar-refractivity contribution in [3.05, 3.63) is 11.7 Å². The molecule has 0 bridgehead atoms. The number of aromatic nitrogens is 2. The van der Waals surface area contributed by atoms with Crippen LogP contribution in [0, 0.1) is 5.92 Å². The van der Waals surface area contributed by atoms with Crippen molar-refractivity contribution in [3.63, 3.8) is 0 Å². The molecule has 4 nitrogen and oxygen atoms in total. The van der Waals surface area contributed by atoms with E-state index in [1.165, 1.54) is 6.42 Å². The monoisotopic (exact) mass is 195 g/mol. The van der Waals surface area contributed by atoms with Crippen LogP contribution in [0.4, 0.5) is 0 Å². The second-order valence-electron chi connectivity index (χ2n) is 4.24. The Balaban J connectivity index is 1.96. The minimum atomic E-state index is 0.150. The zero-order valence-corrected chi connectivity index (χ0v) is 8.73. The van der Waals surface area contributed by atoms with E-state index in [1.807, 2.05) is 0 Å². The van der Waals surface area contributed by atoms with Crippen molar-refractivity contribution < 1.29 is 4.52 Å². The van der Waals surface area contributed by atoms with Crippen LogP contribution in [-0.4, -0.2) is 16.2 Å². The zero-order valence-electron chi connectivity index (χ0n) is 8.73. The number of hydrogen-bond donors (Lipinski definition) is 1. The number of rotatable bonds is 4. The maximum absolute atomic E-state index is 5.81. The van der Waals surface area contributed by atoms with Gasteiger partial charge >= 0.3 is 0 Å². The molecule has 0 radical (unpaired) electrons. The molecular weight excluding hydrogens is 178 g/mol. The summed E-state index contributed by atoms with van der Waals surface area (Å²) in [6.07, 6.45) is 2.85. The second-order valence-corrected chi connectivity index (χ2v) is 4.24. The summed E-state index contributed by atoms with van der Waals surface area (Å²) in [6, 6.07) is 0.150. The molecule has 14 heavy (non-hydrogen) atoms. The van der Waals surface area contributed by atoms with Crippen molar-refractivity contribution in [1.82, 2.24) is 10.1 Å². The smallest absolute Gasteiger partial charge is 0.230 e. The molecule has 0 aromatic carbocycles. The lowest BCUT2D eigenvalue weighted by Gasteiger charge is -2.02. The number of hydrogen-bond acceptors (Lipinski definition) is 4. The van der Waals surface area contributed by atoms with Gasteiger partial charge in [0.1, 0.15) is 0 Å². The van der Waals surface area contributed by atoms with Gasteiger partial charge in [-0.25, -0.2) is 0 Å². The maximum atomic E-state index is 5.81. The largest absolute Gasteiger partial charge is 0.339 e. The highest BCUT2D eigenvalue weighted by Gasteiger charge is 2.38. The van der Waals surface area contributed by atoms with Crippen LogP contribution in [0.3, 0.4) is 0 Å². The van der Waals surface area contributed by atoms with Crippen molar-refractivity contribution in [3.8, 4) is 0 Å². The molecule has 1 aliphatic carbocycles. The van der Waals surface area contributed by atoms with E-state index in [1.54, 1.807) is 0 Å². The summed E-state index contributed by atoms with van der Waals surface area (Å²) in [7, 11) is 0. The average molecular weight is 195 g/mol. The van der Waals surface area contributed by atoms with Crippen molar-refractivity contribution in [1.29, 1.82) is 0 Å². The standard InChI is InChI=1S/C10H17N3O/c1-3-7(11)5-9-12-10(14-13-9)8-4-6(8)2/h6-8H,3-5,11H2,1-2H3. The van der Waals surface area contributed by atoms with Crippen molar-refractivity contribution in [2.75, 3.05) is 0 Å². The van der Waals surface area contributed by atoms with E-state index in [9.17, 15) is 0 Å². The second kappa shape index (κ2) is 3.69. The minimum absolute atomic E-state index is 0.150. The molecule has 0 saturated heterocycles. The molecule has 3 unspecified atom stereocenters. The van der Waals surface area contributed by atoms with Crippen LogP contribution >= 0.6 is 0 Å². The Morgan fingerprint density at radius 2 is 2.36 bits per heavy atom. The fourth-order valence-electron chi connectivity index (χ4n) is 1.55. The third-order valence-corrected chi connectivity index (χ3v) is 2.88. The molecule has 0 amide bonds. The van der Waals surface area contributed by atoms with Crippen LogP contribution in [0.1, 0.15) is 44.3 Å². The van der Waals surface area contributed by atoms with E-state index in [0.717, 1.165) is 24.6 Å². The highest BCUT2D eigenvalue weighted by atomic mass is 16.5. The molecule has 1 saturated carbocycles. The molecule has 1 aliphatic rings. The summed E-state index contributed by atoms with van der Waals surface area (Å²) >= 11 is 0. The molecule has 78 valence electrons. The Kier molecular flexibility index (Phi) is 2.54.